The molecule has 0 amide bonds. The highest BCUT2D eigenvalue weighted by atomic mass is 16.5. The fraction of sp³-hybridized carbons (Fsp3) is 0.500. The highest BCUT2D eigenvalue weighted by Gasteiger charge is 2.24. The van der Waals surface area contributed by atoms with Crippen molar-refractivity contribution >= 4 is 11.8 Å². The second-order valence-electron chi connectivity index (χ2n) is 11.9. The van der Waals surface area contributed by atoms with Gasteiger partial charge in [-0.25, -0.2) is 0 Å². The summed E-state index contributed by atoms with van der Waals surface area (Å²) in [5.41, 5.74) is 5.38. The van der Waals surface area contributed by atoms with Gasteiger partial charge in [-0.1, -0.05) is 31.3 Å². The van der Waals surface area contributed by atoms with Crippen LogP contribution in [0, 0.1) is 17.8 Å². The van der Waals surface area contributed by atoms with Crippen molar-refractivity contribution in [2.75, 3.05) is 27.2 Å². The molecule has 45 heavy (non-hydrogen) atoms. The van der Waals surface area contributed by atoms with Gasteiger partial charge >= 0.3 is 5.97 Å². The number of Topliss-reactive ketones (excluding diaryl/α,β-unsaturated/α-hetero) is 1. The van der Waals surface area contributed by atoms with Crippen molar-refractivity contribution in [3.8, 4) is 23.3 Å². The second kappa shape index (κ2) is 16.8. The topological polar surface area (TPSA) is 125 Å². The number of H-pyrrole nitrogens is 1. The van der Waals surface area contributed by atoms with Crippen molar-refractivity contribution in [3.05, 3.63) is 70.3 Å². The average Bonchev–Trinajstić information content (AvgIpc) is 3.46. The van der Waals surface area contributed by atoms with Gasteiger partial charge in [0.1, 0.15) is 11.9 Å². The molecule has 9 heteroatoms. The van der Waals surface area contributed by atoms with E-state index >= 15 is 0 Å². The van der Waals surface area contributed by atoms with E-state index in [0.717, 1.165) is 50.0 Å². The number of ether oxygens (including phenoxy) is 2. The number of benzene rings is 1. The Morgan fingerprint density at radius 1 is 1.11 bits per heavy atom. The zero-order chi connectivity index (χ0) is 32.2. The highest BCUT2D eigenvalue weighted by molar-refractivity contribution is 5.81. The molecule has 2 bridgehead atoms. The molecule has 0 radical (unpaired) electrons. The van der Waals surface area contributed by atoms with Gasteiger partial charge in [0.15, 0.2) is 11.5 Å². The third-order valence-corrected chi connectivity index (χ3v) is 8.61. The molecule has 2 aliphatic heterocycles. The van der Waals surface area contributed by atoms with Crippen LogP contribution >= 0.6 is 0 Å². The smallest absolute Gasteiger partial charge is 0.302 e. The zero-order valence-electron chi connectivity index (χ0n) is 27.1. The number of esters is 1. The highest BCUT2D eigenvalue weighted by Crippen LogP contribution is 2.35. The number of hydrogen-bond acceptors (Lipinski definition) is 8. The fourth-order valence-electron chi connectivity index (χ4n) is 6.13. The van der Waals surface area contributed by atoms with Gasteiger partial charge in [-0.15, -0.1) is 0 Å². The number of allylic oxidation sites excluding steroid dienone is 2. The molecule has 9 nitrogen and oxygen atoms in total. The van der Waals surface area contributed by atoms with E-state index in [0.29, 0.717) is 36.7 Å². The lowest BCUT2D eigenvalue weighted by Crippen LogP contribution is -2.29. The number of phenolic OH excluding ortho intramolecular Hbond substituents is 1. The van der Waals surface area contributed by atoms with Gasteiger partial charge in [-0.3, -0.25) is 9.59 Å². The van der Waals surface area contributed by atoms with Crippen molar-refractivity contribution in [2.24, 2.45) is 5.92 Å². The molecule has 1 aromatic carbocycles. The third kappa shape index (κ3) is 9.92. The molecule has 0 saturated carbocycles. The first-order chi connectivity index (χ1) is 21.8. The summed E-state index contributed by atoms with van der Waals surface area (Å²) < 4.78 is 11.1. The Morgan fingerprint density at radius 2 is 1.93 bits per heavy atom. The molecular formula is C36H48N4O5. The Hall–Kier alpha value is -4.16. The maximum atomic E-state index is 13.6. The summed E-state index contributed by atoms with van der Waals surface area (Å²) in [5, 5.41) is 20.5. The summed E-state index contributed by atoms with van der Waals surface area (Å²) in [5.74, 6) is 7.42. The number of hydrogen-bond donors (Lipinski definition) is 5. The molecule has 3 unspecified atom stereocenters. The number of aromatic nitrogens is 1. The van der Waals surface area contributed by atoms with Crippen LogP contribution in [0.4, 0.5) is 0 Å². The summed E-state index contributed by atoms with van der Waals surface area (Å²) in [6, 6.07) is 3.62. The van der Waals surface area contributed by atoms with Crippen molar-refractivity contribution in [1.29, 1.82) is 0 Å². The number of dihydropyridines is 1. The third-order valence-electron chi connectivity index (χ3n) is 8.61. The predicted molar refractivity (Wildman–Crippen MR) is 176 cm³/mol. The standard InChI is InChI=1S/C36H48N4O5/c1-5-25-9-11-33(45-24(2)41)20-32(42)18-27(29-17-31(21-37-3)36(43)34(19-29)44-4)7-6-13-39-35-16-26(12-14-40-35)8-10-28-22-38-23-30(28)15-25/h12,16-17,19,22-23,25,27,33,37-40,43H,5,8-11,13-15,18,20-21H2,1-4H3. The number of aromatic amines is 1. The van der Waals surface area contributed by atoms with Crippen LogP contribution in [0.3, 0.4) is 0 Å². The number of aromatic hydroxyl groups is 1. The minimum atomic E-state index is -0.492. The number of fused-ring (bicyclic) bond motifs is 2. The van der Waals surface area contributed by atoms with Crippen LogP contribution in [0.2, 0.25) is 0 Å². The summed E-state index contributed by atoms with van der Waals surface area (Å²) in [6.07, 6.45) is 13.7. The van der Waals surface area contributed by atoms with Gasteiger partial charge in [-0.05, 0) is 85.5 Å². The van der Waals surface area contributed by atoms with E-state index in [2.05, 4.69) is 64.2 Å². The maximum absolute atomic E-state index is 13.6. The Balaban J connectivity index is 1.65. The van der Waals surface area contributed by atoms with E-state index in [1.807, 2.05) is 6.07 Å². The molecule has 5 N–H and O–H groups in total. The molecule has 0 saturated heterocycles. The van der Waals surface area contributed by atoms with Crippen LogP contribution in [-0.2, 0) is 33.7 Å². The van der Waals surface area contributed by atoms with Gasteiger partial charge < -0.3 is 35.5 Å². The lowest BCUT2D eigenvalue weighted by molar-refractivity contribution is -0.148. The van der Waals surface area contributed by atoms with Crippen molar-refractivity contribution in [1.82, 2.24) is 20.9 Å². The summed E-state index contributed by atoms with van der Waals surface area (Å²) in [4.78, 5) is 28.9. The van der Waals surface area contributed by atoms with Gasteiger partial charge in [0, 0.05) is 50.8 Å². The number of ketones is 1. The Morgan fingerprint density at radius 3 is 2.69 bits per heavy atom. The van der Waals surface area contributed by atoms with Crippen LogP contribution in [0.5, 0.6) is 11.5 Å². The van der Waals surface area contributed by atoms with Crippen molar-refractivity contribution in [3.63, 3.8) is 0 Å². The average molecular weight is 617 g/mol. The Kier molecular flexibility index (Phi) is 12.6. The molecule has 0 aliphatic carbocycles. The van der Waals surface area contributed by atoms with E-state index in [-0.39, 0.29) is 30.3 Å². The molecule has 1 aromatic heterocycles. The quantitative estimate of drug-likeness (QED) is 0.232. The number of methoxy groups -OCH3 is 1. The molecule has 2 aromatic rings. The first-order valence-electron chi connectivity index (χ1n) is 16.0. The summed E-state index contributed by atoms with van der Waals surface area (Å²) in [7, 11) is 3.31. The number of aryl methyl sites for hydroxylation is 1. The number of phenols is 1. The second-order valence-corrected chi connectivity index (χ2v) is 11.9. The number of carbonyl (C=O) groups excluding carboxylic acids is 2. The largest absolute Gasteiger partial charge is 0.504 e. The normalized spacial score (nSPS) is 21.4. The first kappa shape index (κ1) is 33.7. The van der Waals surface area contributed by atoms with Crippen LogP contribution in [0.25, 0.3) is 0 Å². The fourth-order valence-corrected chi connectivity index (χ4v) is 6.13. The molecule has 0 spiro atoms. The van der Waals surface area contributed by atoms with Crippen LogP contribution in [0.1, 0.15) is 80.5 Å². The molecule has 4 rings (SSSR count). The molecule has 3 heterocycles. The predicted octanol–water partition coefficient (Wildman–Crippen LogP) is 4.77. The minimum Gasteiger partial charge on any atom is -0.504 e. The molecule has 242 valence electrons. The van der Waals surface area contributed by atoms with Gasteiger partial charge in [0.25, 0.3) is 0 Å². The Labute approximate surface area is 267 Å². The van der Waals surface area contributed by atoms with Crippen LogP contribution in [0.15, 0.2) is 48.1 Å². The van der Waals surface area contributed by atoms with Gasteiger partial charge in [0.2, 0.25) is 0 Å². The van der Waals surface area contributed by atoms with E-state index < -0.39 is 12.0 Å². The molecule has 3 atom stereocenters. The Bertz CT molecular complexity index is 1450. The van der Waals surface area contributed by atoms with Gasteiger partial charge in [-0.2, -0.15) is 0 Å². The van der Waals surface area contributed by atoms with Crippen molar-refractivity contribution in [2.45, 2.75) is 83.8 Å². The monoisotopic (exact) mass is 616 g/mol. The summed E-state index contributed by atoms with van der Waals surface area (Å²) >= 11 is 0. The summed E-state index contributed by atoms with van der Waals surface area (Å²) in [6.45, 7) is 5.16. The maximum Gasteiger partial charge on any atom is 0.302 e. The lowest BCUT2D eigenvalue weighted by Gasteiger charge is -2.22. The molecule has 0 fully saturated rings. The lowest BCUT2D eigenvalue weighted by atomic mass is 9.88. The van der Waals surface area contributed by atoms with Crippen LogP contribution in [-0.4, -0.2) is 55.2 Å². The van der Waals surface area contributed by atoms with Crippen LogP contribution < -0.4 is 20.7 Å². The van der Waals surface area contributed by atoms with E-state index in [9.17, 15) is 14.7 Å². The van der Waals surface area contributed by atoms with E-state index in [1.165, 1.54) is 30.7 Å². The number of carbonyl (C=O) groups is 2. The first-order valence-corrected chi connectivity index (χ1v) is 16.0. The minimum absolute atomic E-state index is 0.0301. The van der Waals surface area contributed by atoms with E-state index in [1.54, 1.807) is 13.1 Å². The van der Waals surface area contributed by atoms with E-state index in [4.69, 9.17) is 9.47 Å². The van der Waals surface area contributed by atoms with Gasteiger partial charge in [0.05, 0.1) is 25.4 Å². The number of nitrogens with one attached hydrogen (secondary N) is 4. The van der Waals surface area contributed by atoms with Crippen molar-refractivity contribution < 1.29 is 24.2 Å². The SMILES string of the molecule is CCC1CCC(OC(C)=O)CC(=O)CC(c2cc(CNC)c(O)c(OC)c2)C#CCNC2=CC(=CCN2)CCc2c[nH]cc2C1. The number of rotatable bonds is 6. The molecule has 2 aliphatic rings. The zero-order valence-corrected chi connectivity index (χ0v) is 27.1. The molecular weight excluding hydrogens is 568 g/mol.